The van der Waals surface area contributed by atoms with Gasteiger partial charge in [0.25, 0.3) is 0 Å². The number of benzene rings is 1. The highest BCUT2D eigenvalue weighted by atomic mass is 35.5. The van der Waals surface area contributed by atoms with Crippen LogP contribution in [0.3, 0.4) is 0 Å². The number of nitrogens with one attached hydrogen (secondary N) is 1. The first kappa shape index (κ1) is 14.9. The molecular weight excluding hydrogens is 271 g/mol. The summed E-state index contributed by atoms with van der Waals surface area (Å²) in [6.07, 6.45) is -4.24. The Bertz CT molecular complexity index is 410. The van der Waals surface area contributed by atoms with Crippen molar-refractivity contribution in [3.63, 3.8) is 0 Å². The molecule has 0 heterocycles. The van der Waals surface area contributed by atoms with Gasteiger partial charge in [0.2, 0.25) is 0 Å². The van der Waals surface area contributed by atoms with Crippen molar-refractivity contribution in [3.8, 4) is 11.5 Å². The summed E-state index contributed by atoms with van der Waals surface area (Å²) in [7, 11) is 2.87. The van der Waals surface area contributed by atoms with Crippen LogP contribution in [0.1, 0.15) is 5.56 Å². The van der Waals surface area contributed by atoms with Gasteiger partial charge in [-0.15, -0.1) is 0 Å². The number of halogens is 4. The number of alkyl halides is 3. The van der Waals surface area contributed by atoms with E-state index in [1.807, 2.05) is 0 Å². The minimum Gasteiger partial charge on any atom is -0.493 e. The number of rotatable bonds is 5. The molecule has 0 atom stereocenters. The maximum atomic E-state index is 12.0. The van der Waals surface area contributed by atoms with E-state index in [0.717, 1.165) is 0 Å². The van der Waals surface area contributed by atoms with E-state index in [-0.39, 0.29) is 6.54 Å². The van der Waals surface area contributed by atoms with Crippen molar-refractivity contribution < 1.29 is 22.6 Å². The van der Waals surface area contributed by atoms with Crippen molar-refractivity contribution in [1.29, 1.82) is 0 Å². The molecule has 0 fully saturated rings. The molecule has 0 spiro atoms. The van der Waals surface area contributed by atoms with Gasteiger partial charge in [-0.05, 0) is 17.7 Å². The Morgan fingerprint density at radius 1 is 1.22 bits per heavy atom. The van der Waals surface area contributed by atoms with Gasteiger partial charge < -0.3 is 14.8 Å². The Hall–Kier alpha value is -1.14. The lowest BCUT2D eigenvalue weighted by molar-refractivity contribution is -0.125. The van der Waals surface area contributed by atoms with Gasteiger partial charge in [0.1, 0.15) is 0 Å². The minimum absolute atomic E-state index is 0.0413. The second-order valence-electron chi connectivity index (χ2n) is 3.53. The van der Waals surface area contributed by atoms with Gasteiger partial charge in [0.05, 0.1) is 25.8 Å². The highest BCUT2D eigenvalue weighted by Gasteiger charge is 2.26. The Morgan fingerprint density at radius 2 is 1.89 bits per heavy atom. The van der Waals surface area contributed by atoms with Crippen molar-refractivity contribution in [2.75, 3.05) is 20.8 Å². The maximum absolute atomic E-state index is 12.0. The minimum atomic E-state index is -4.24. The van der Waals surface area contributed by atoms with Crippen LogP contribution in [0.4, 0.5) is 13.2 Å². The molecular formula is C11H13ClF3NO2. The molecule has 102 valence electrons. The first-order valence-corrected chi connectivity index (χ1v) is 5.43. The van der Waals surface area contributed by atoms with Gasteiger partial charge in [-0.3, -0.25) is 0 Å². The van der Waals surface area contributed by atoms with Crippen LogP contribution in [0, 0.1) is 0 Å². The highest BCUT2D eigenvalue weighted by molar-refractivity contribution is 6.32. The standard InChI is InChI=1S/C11H13ClF3NO2/c1-17-9-4-7(3-8(12)10(9)18-2)5-16-6-11(13,14)15/h3-4,16H,5-6H2,1-2H3. The molecule has 1 N–H and O–H groups in total. The van der Waals surface area contributed by atoms with Crippen molar-refractivity contribution >= 4 is 11.6 Å². The first-order chi connectivity index (χ1) is 8.37. The van der Waals surface area contributed by atoms with Crippen LogP contribution in [0.15, 0.2) is 12.1 Å². The van der Waals surface area contributed by atoms with Gasteiger partial charge in [0, 0.05) is 6.54 Å². The lowest BCUT2D eigenvalue weighted by atomic mass is 10.2. The fourth-order valence-corrected chi connectivity index (χ4v) is 1.73. The van der Waals surface area contributed by atoms with Gasteiger partial charge in [-0.2, -0.15) is 13.2 Å². The third-order valence-corrected chi connectivity index (χ3v) is 2.43. The molecule has 0 bridgehead atoms. The lowest BCUT2D eigenvalue weighted by Crippen LogP contribution is -2.28. The van der Waals surface area contributed by atoms with Gasteiger partial charge >= 0.3 is 6.18 Å². The molecule has 0 saturated carbocycles. The van der Waals surface area contributed by atoms with Crippen LogP contribution in [0.25, 0.3) is 0 Å². The van der Waals surface area contributed by atoms with E-state index in [9.17, 15) is 13.2 Å². The second-order valence-corrected chi connectivity index (χ2v) is 3.94. The summed E-state index contributed by atoms with van der Waals surface area (Å²) in [6, 6.07) is 3.11. The van der Waals surface area contributed by atoms with Crippen molar-refractivity contribution in [2.45, 2.75) is 12.7 Å². The molecule has 7 heteroatoms. The maximum Gasteiger partial charge on any atom is 0.401 e. The average Bonchev–Trinajstić information content (AvgIpc) is 2.26. The normalized spacial score (nSPS) is 11.4. The van der Waals surface area contributed by atoms with Crippen molar-refractivity contribution in [3.05, 3.63) is 22.7 Å². The summed E-state index contributed by atoms with van der Waals surface area (Å²) < 4.78 is 46.0. The van der Waals surface area contributed by atoms with Crippen LogP contribution in [0.2, 0.25) is 5.02 Å². The quantitative estimate of drug-likeness (QED) is 0.901. The summed E-state index contributed by atoms with van der Waals surface area (Å²) in [6.45, 7) is -1.02. The van der Waals surface area contributed by atoms with Crippen molar-refractivity contribution in [1.82, 2.24) is 5.32 Å². The van der Waals surface area contributed by atoms with E-state index in [4.69, 9.17) is 21.1 Å². The lowest BCUT2D eigenvalue weighted by Gasteiger charge is -2.13. The summed E-state index contributed by atoms with van der Waals surface area (Å²) in [5, 5.41) is 2.57. The molecule has 0 amide bonds. The average molecular weight is 284 g/mol. The Balaban J connectivity index is 2.76. The van der Waals surface area contributed by atoms with Gasteiger partial charge in [-0.25, -0.2) is 0 Å². The Kier molecular flexibility index (Phi) is 5.10. The molecule has 0 radical (unpaired) electrons. The topological polar surface area (TPSA) is 30.5 Å². The molecule has 1 aromatic carbocycles. The summed E-state index contributed by atoms with van der Waals surface area (Å²) >= 11 is 5.93. The molecule has 0 unspecified atom stereocenters. The second kappa shape index (κ2) is 6.15. The SMILES string of the molecule is COc1cc(CNCC(F)(F)F)cc(Cl)c1OC. The fourth-order valence-electron chi connectivity index (χ4n) is 1.42. The molecule has 18 heavy (non-hydrogen) atoms. The molecule has 0 aliphatic rings. The number of methoxy groups -OCH3 is 2. The van der Waals surface area contributed by atoms with E-state index in [1.165, 1.54) is 20.3 Å². The molecule has 1 aromatic rings. The summed E-state index contributed by atoms with van der Waals surface area (Å²) in [5.74, 6) is 0.743. The van der Waals surface area contributed by atoms with Gasteiger partial charge in [-0.1, -0.05) is 11.6 Å². The van der Waals surface area contributed by atoms with E-state index >= 15 is 0 Å². The Labute approximate surface area is 108 Å². The number of ether oxygens (including phenoxy) is 2. The third kappa shape index (κ3) is 4.27. The van der Waals surface area contributed by atoms with Gasteiger partial charge in [0.15, 0.2) is 11.5 Å². The molecule has 0 aliphatic heterocycles. The summed E-state index contributed by atoms with van der Waals surface area (Å²) in [4.78, 5) is 0. The van der Waals surface area contributed by atoms with Crippen LogP contribution in [0.5, 0.6) is 11.5 Å². The zero-order valence-corrected chi connectivity index (χ0v) is 10.7. The predicted molar refractivity (Wildman–Crippen MR) is 62.3 cm³/mol. The zero-order chi connectivity index (χ0) is 13.8. The molecule has 0 saturated heterocycles. The van der Waals surface area contributed by atoms with Crippen LogP contribution in [-0.4, -0.2) is 26.9 Å². The number of hydrogen-bond acceptors (Lipinski definition) is 3. The molecule has 1 rings (SSSR count). The molecule has 3 nitrogen and oxygen atoms in total. The summed E-state index contributed by atoms with van der Waals surface area (Å²) in [5.41, 5.74) is 0.585. The predicted octanol–water partition coefficient (Wildman–Crippen LogP) is 3.01. The third-order valence-electron chi connectivity index (χ3n) is 2.15. The van der Waals surface area contributed by atoms with Crippen LogP contribution < -0.4 is 14.8 Å². The largest absolute Gasteiger partial charge is 0.493 e. The van der Waals surface area contributed by atoms with Crippen LogP contribution in [-0.2, 0) is 6.54 Å². The van der Waals surface area contributed by atoms with E-state index in [1.54, 1.807) is 6.07 Å². The first-order valence-electron chi connectivity index (χ1n) is 5.05. The fraction of sp³-hybridized carbons (Fsp3) is 0.455. The monoisotopic (exact) mass is 283 g/mol. The Morgan fingerprint density at radius 3 is 2.39 bits per heavy atom. The highest BCUT2D eigenvalue weighted by Crippen LogP contribution is 2.35. The smallest absolute Gasteiger partial charge is 0.401 e. The van der Waals surface area contributed by atoms with E-state index < -0.39 is 12.7 Å². The van der Waals surface area contributed by atoms with E-state index in [2.05, 4.69) is 5.32 Å². The van der Waals surface area contributed by atoms with Crippen molar-refractivity contribution in [2.24, 2.45) is 0 Å². The van der Waals surface area contributed by atoms with E-state index in [0.29, 0.717) is 22.1 Å². The number of hydrogen-bond donors (Lipinski definition) is 1. The molecule has 0 aromatic heterocycles. The zero-order valence-electron chi connectivity index (χ0n) is 9.90. The molecule has 0 aliphatic carbocycles. The van der Waals surface area contributed by atoms with Crippen LogP contribution >= 0.6 is 11.6 Å².